The number of carbonyl (C=O) groups is 3. The van der Waals surface area contributed by atoms with Gasteiger partial charge in [0.15, 0.2) is 6.54 Å². The molecule has 3 rings (SSSR count). The maximum Gasteiger partial charge on any atom is 0.329 e. The third kappa shape index (κ3) is 2.22. The molecule has 2 aromatic rings. The molecule has 0 saturated carbocycles. The van der Waals surface area contributed by atoms with Crippen LogP contribution in [0.5, 0.6) is 0 Å². The van der Waals surface area contributed by atoms with Crippen LogP contribution < -0.4 is 4.90 Å². The van der Waals surface area contributed by atoms with E-state index in [4.69, 9.17) is 4.74 Å². The molecule has 0 fully saturated rings. The van der Waals surface area contributed by atoms with Crippen LogP contribution in [0.1, 0.15) is 27.6 Å². The summed E-state index contributed by atoms with van der Waals surface area (Å²) in [5.41, 5.74) is 0.573. The van der Waals surface area contributed by atoms with Crippen LogP contribution in [0.2, 0.25) is 0 Å². The number of carbonyl (C=O) groups excluding carboxylic acids is 3. The molecule has 0 saturated heterocycles. The smallest absolute Gasteiger partial charge is 0.329 e. The van der Waals surface area contributed by atoms with Crippen molar-refractivity contribution < 1.29 is 19.1 Å². The molecule has 22 heavy (non-hydrogen) atoms. The van der Waals surface area contributed by atoms with Crippen molar-refractivity contribution in [2.45, 2.75) is 13.5 Å². The van der Waals surface area contributed by atoms with Gasteiger partial charge in [0.1, 0.15) is 0 Å². The Morgan fingerprint density at radius 2 is 1.82 bits per heavy atom. The van der Waals surface area contributed by atoms with Gasteiger partial charge in [-0.2, -0.15) is 4.80 Å². The predicted octanol–water partition coefficient (Wildman–Crippen LogP) is 0.0368. The fourth-order valence-corrected chi connectivity index (χ4v) is 2.08. The van der Waals surface area contributed by atoms with Crippen molar-refractivity contribution in [1.82, 2.24) is 20.2 Å². The number of esters is 1. The summed E-state index contributed by atoms with van der Waals surface area (Å²) in [6.07, 6.45) is 0. The molecule has 2 heterocycles. The van der Waals surface area contributed by atoms with E-state index in [1.807, 2.05) is 0 Å². The molecule has 1 aliphatic rings. The first-order valence-corrected chi connectivity index (χ1v) is 6.53. The normalized spacial score (nSPS) is 13.4. The number of nitrogens with zero attached hydrogens (tertiary/aromatic N) is 5. The summed E-state index contributed by atoms with van der Waals surface area (Å²) < 4.78 is 4.76. The number of fused-ring (bicyclic) bond motifs is 1. The topological polar surface area (TPSA) is 107 Å². The number of ether oxygens (including phenoxy) is 1. The average molecular weight is 301 g/mol. The first kappa shape index (κ1) is 13.9. The lowest BCUT2D eigenvalue weighted by Gasteiger charge is -2.06. The fraction of sp³-hybridized carbons (Fsp3) is 0.231. The maximum atomic E-state index is 12.2. The first-order chi connectivity index (χ1) is 10.6. The van der Waals surface area contributed by atoms with Gasteiger partial charge >= 0.3 is 5.97 Å². The lowest BCUT2D eigenvalue weighted by Crippen LogP contribution is -2.30. The third-order valence-electron chi connectivity index (χ3n) is 3.01. The second-order valence-corrected chi connectivity index (χ2v) is 4.42. The molecule has 1 aliphatic heterocycles. The van der Waals surface area contributed by atoms with E-state index in [-0.39, 0.29) is 30.2 Å². The van der Waals surface area contributed by atoms with Gasteiger partial charge < -0.3 is 4.74 Å². The van der Waals surface area contributed by atoms with Gasteiger partial charge in [0.05, 0.1) is 17.7 Å². The number of anilines is 1. The zero-order chi connectivity index (χ0) is 15.7. The Morgan fingerprint density at radius 1 is 1.18 bits per heavy atom. The van der Waals surface area contributed by atoms with Crippen molar-refractivity contribution in [3.05, 3.63) is 35.4 Å². The van der Waals surface area contributed by atoms with E-state index < -0.39 is 17.8 Å². The lowest BCUT2D eigenvalue weighted by atomic mass is 10.1. The first-order valence-electron chi connectivity index (χ1n) is 6.53. The van der Waals surface area contributed by atoms with Crippen molar-refractivity contribution >= 4 is 23.7 Å². The molecule has 0 spiro atoms. The standard InChI is InChI=1S/C13H11N5O4/c1-2-22-10(19)7-17-15-13(14-16-17)18-11(20)8-5-3-4-6-9(8)12(18)21/h3-6H,2,7H2,1H3. The van der Waals surface area contributed by atoms with Crippen molar-refractivity contribution in [2.24, 2.45) is 0 Å². The molecule has 112 valence electrons. The molecule has 2 amide bonds. The van der Waals surface area contributed by atoms with Gasteiger partial charge in [-0.1, -0.05) is 17.2 Å². The molecule has 0 N–H and O–H groups in total. The van der Waals surface area contributed by atoms with Crippen molar-refractivity contribution in [2.75, 3.05) is 11.5 Å². The van der Waals surface area contributed by atoms with Crippen LogP contribution in [0.4, 0.5) is 5.95 Å². The summed E-state index contributed by atoms with van der Waals surface area (Å²) in [7, 11) is 0. The van der Waals surface area contributed by atoms with Gasteiger partial charge in [-0.15, -0.1) is 5.10 Å². The summed E-state index contributed by atoms with van der Waals surface area (Å²) in [6, 6.07) is 6.44. The SMILES string of the molecule is CCOC(=O)Cn1nnc(N2C(=O)c3ccccc3C2=O)n1. The highest BCUT2D eigenvalue weighted by Crippen LogP contribution is 2.25. The summed E-state index contributed by atoms with van der Waals surface area (Å²) >= 11 is 0. The zero-order valence-corrected chi connectivity index (χ0v) is 11.6. The molecule has 0 unspecified atom stereocenters. The molecule has 9 heteroatoms. The van der Waals surface area contributed by atoms with Gasteiger partial charge in [-0.3, -0.25) is 9.59 Å². The number of hydrogen-bond acceptors (Lipinski definition) is 7. The Balaban J connectivity index is 1.85. The minimum Gasteiger partial charge on any atom is -0.465 e. The molecule has 0 bridgehead atoms. The van der Waals surface area contributed by atoms with E-state index >= 15 is 0 Å². The van der Waals surface area contributed by atoms with Crippen molar-refractivity contribution in [3.63, 3.8) is 0 Å². The van der Waals surface area contributed by atoms with E-state index in [1.165, 1.54) is 0 Å². The Labute approximate surface area is 124 Å². The summed E-state index contributed by atoms with van der Waals surface area (Å²) in [6.45, 7) is 1.67. The molecule has 0 atom stereocenters. The highest BCUT2D eigenvalue weighted by molar-refractivity contribution is 6.33. The van der Waals surface area contributed by atoms with Gasteiger partial charge in [-0.05, 0) is 24.3 Å². The number of hydrogen-bond donors (Lipinski definition) is 0. The minimum absolute atomic E-state index is 0.171. The number of aromatic nitrogens is 4. The lowest BCUT2D eigenvalue weighted by molar-refractivity contribution is -0.144. The van der Waals surface area contributed by atoms with E-state index in [0.717, 1.165) is 9.70 Å². The van der Waals surface area contributed by atoms with E-state index in [2.05, 4.69) is 15.4 Å². The molecular formula is C13H11N5O4. The second-order valence-electron chi connectivity index (χ2n) is 4.42. The highest BCUT2D eigenvalue weighted by Gasteiger charge is 2.38. The van der Waals surface area contributed by atoms with Crippen LogP contribution in [0.25, 0.3) is 0 Å². The quantitative estimate of drug-likeness (QED) is 0.579. The van der Waals surface area contributed by atoms with Crippen LogP contribution in [-0.2, 0) is 16.1 Å². The molecule has 1 aromatic heterocycles. The monoisotopic (exact) mass is 301 g/mol. The zero-order valence-electron chi connectivity index (χ0n) is 11.6. The van der Waals surface area contributed by atoms with E-state index in [1.54, 1.807) is 31.2 Å². The van der Waals surface area contributed by atoms with Crippen LogP contribution >= 0.6 is 0 Å². The number of benzene rings is 1. The van der Waals surface area contributed by atoms with Crippen LogP contribution in [0.3, 0.4) is 0 Å². The number of imide groups is 1. The second kappa shape index (κ2) is 5.35. The van der Waals surface area contributed by atoms with Crippen molar-refractivity contribution in [1.29, 1.82) is 0 Å². The Morgan fingerprint density at radius 3 is 2.41 bits per heavy atom. The van der Waals surface area contributed by atoms with Gasteiger partial charge in [0.2, 0.25) is 0 Å². The Hall–Kier alpha value is -3.10. The molecule has 0 radical (unpaired) electrons. The molecule has 0 aliphatic carbocycles. The van der Waals surface area contributed by atoms with Crippen LogP contribution in [0.15, 0.2) is 24.3 Å². The van der Waals surface area contributed by atoms with Gasteiger partial charge in [0, 0.05) is 0 Å². The molecular weight excluding hydrogens is 290 g/mol. The highest BCUT2D eigenvalue weighted by atomic mass is 16.5. The van der Waals surface area contributed by atoms with Gasteiger partial charge in [0.25, 0.3) is 17.8 Å². The van der Waals surface area contributed by atoms with Crippen molar-refractivity contribution in [3.8, 4) is 0 Å². The number of rotatable bonds is 4. The van der Waals surface area contributed by atoms with Gasteiger partial charge in [-0.25, -0.2) is 9.69 Å². The predicted molar refractivity (Wildman–Crippen MR) is 72.0 cm³/mol. The van der Waals surface area contributed by atoms with Crippen LogP contribution in [0, 0.1) is 0 Å². The Bertz CT molecular complexity index is 734. The summed E-state index contributed by atoms with van der Waals surface area (Å²) in [5, 5.41) is 11.2. The Kier molecular flexibility index (Phi) is 3.37. The molecule has 9 nitrogen and oxygen atoms in total. The summed E-state index contributed by atoms with van der Waals surface area (Å²) in [5.74, 6) is -1.74. The largest absolute Gasteiger partial charge is 0.465 e. The molecule has 1 aromatic carbocycles. The average Bonchev–Trinajstić information content (AvgIpc) is 3.04. The van der Waals surface area contributed by atoms with E-state index in [0.29, 0.717) is 0 Å². The minimum atomic E-state index is -0.534. The number of tetrazole rings is 1. The third-order valence-corrected chi connectivity index (χ3v) is 3.01. The summed E-state index contributed by atoms with van der Waals surface area (Å²) in [4.78, 5) is 37.6. The van der Waals surface area contributed by atoms with Crippen LogP contribution in [-0.4, -0.2) is 44.6 Å². The van der Waals surface area contributed by atoms with E-state index in [9.17, 15) is 14.4 Å². The fourth-order valence-electron chi connectivity index (χ4n) is 2.08. The number of amides is 2. The maximum absolute atomic E-state index is 12.2.